The number of fused-ring (bicyclic) bond motifs is 1. The number of nitrogens with one attached hydrogen (secondary N) is 1. The van der Waals surface area contributed by atoms with E-state index in [1.807, 2.05) is 43.3 Å². The van der Waals surface area contributed by atoms with Crippen molar-refractivity contribution in [3.05, 3.63) is 102 Å². The largest absolute Gasteiger partial charge is 0.489 e. The number of carbonyl (C=O) groups excluding carboxylic acids is 1. The van der Waals surface area contributed by atoms with Gasteiger partial charge < -0.3 is 19.9 Å². The SMILES string of the molecule is C=C(C)COc1ccc2cc(Oc3ccc(CC(=O)Nc4ccccc4C(=O)O)cn3)ccc2c1. The molecule has 0 spiro atoms. The van der Waals surface area contributed by atoms with E-state index in [0.29, 0.717) is 23.8 Å². The predicted molar refractivity (Wildman–Crippen MR) is 134 cm³/mol. The number of ether oxygens (including phenoxy) is 2. The van der Waals surface area contributed by atoms with Crippen molar-refractivity contribution in [1.82, 2.24) is 4.98 Å². The highest BCUT2D eigenvalue weighted by Gasteiger charge is 2.12. The number of para-hydroxylation sites is 1. The molecule has 0 aliphatic rings. The maximum atomic E-state index is 12.4. The van der Waals surface area contributed by atoms with Gasteiger partial charge in [0.05, 0.1) is 17.7 Å². The third-order valence-electron chi connectivity index (χ3n) is 5.08. The molecule has 7 nitrogen and oxygen atoms in total. The Balaban J connectivity index is 1.38. The molecule has 7 heteroatoms. The van der Waals surface area contributed by atoms with Crippen LogP contribution in [0.15, 0.2) is 91.1 Å². The van der Waals surface area contributed by atoms with Crippen LogP contribution < -0.4 is 14.8 Å². The number of aromatic nitrogens is 1. The number of anilines is 1. The van der Waals surface area contributed by atoms with Gasteiger partial charge in [-0.1, -0.05) is 36.9 Å². The van der Waals surface area contributed by atoms with Gasteiger partial charge in [-0.3, -0.25) is 4.79 Å². The second-order valence-corrected chi connectivity index (χ2v) is 8.10. The Labute approximate surface area is 202 Å². The number of carbonyl (C=O) groups is 2. The number of carboxylic acids is 1. The minimum absolute atomic E-state index is 0.0359. The van der Waals surface area contributed by atoms with Crippen LogP contribution >= 0.6 is 0 Å². The molecule has 0 fully saturated rings. The number of carboxylic acid groups (broad SMARTS) is 1. The topological polar surface area (TPSA) is 97.8 Å². The molecule has 0 bridgehead atoms. The summed E-state index contributed by atoms with van der Waals surface area (Å²) >= 11 is 0. The van der Waals surface area contributed by atoms with Crippen LogP contribution in [0.5, 0.6) is 17.4 Å². The number of amides is 1. The fraction of sp³-hybridized carbons (Fsp3) is 0.107. The van der Waals surface area contributed by atoms with E-state index >= 15 is 0 Å². The normalized spacial score (nSPS) is 10.5. The molecule has 2 N–H and O–H groups in total. The first-order chi connectivity index (χ1) is 16.9. The number of rotatable bonds is 9. The Kier molecular flexibility index (Phi) is 7.07. The lowest BCUT2D eigenvalue weighted by Crippen LogP contribution is -2.16. The van der Waals surface area contributed by atoms with Gasteiger partial charge in [0.2, 0.25) is 11.8 Å². The van der Waals surface area contributed by atoms with Crippen LogP contribution in [0.1, 0.15) is 22.8 Å². The lowest BCUT2D eigenvalue weighted by Gasteiger charge is -2.10. The standard InChI is InChI=1S/C28H24N2O5/c1-18(2)17-34-22-10-8-21-15-23(11-9-20(21)14-22)35-27-12-7-19(16-29-27)13-26(31)30-25-6-4-3-5-24(25)28(32)33/h3-12,14-16H,1,13,17H2,2H3,(H,30,31)(H,32,33). The van der Waals surface area contributed by atoms with Crippen LogP contribution in [0.4, 0.5) is 5.69 Å². The fourth-order valence-corrected chi connectivity index (χ4v) is 3.42. The molecular weight excluding hydrogens is 444 g/mol. The molecule has 0 radical (unpaired) electrons. The highest BCUT2D eigenvalue weighted by molar-refractivity contribution is 6.01. The van der Waals surface area contributed by atoms with Gasteiger partial charge in [0.25, 0.3) is 0 Å². The van der Waals surface area contributed by atoms with Crippen LogP contribution in [-0.2, 0) is 11.2 Å². The number of hydrogen-bond acceptors (Lipinski definition) is 5. The molecule has 0 unspecified atom stereocenters. The van der Waals surface area contributed by atoms with Crippen molar-refractivity contribution in [2.45, 2.75) is 13.3 Å². The van der Waals surface area contributed by atoms with E-state index < -0.39 is 5.97 Å². The van der Waals surface area contributed by atoms with Crippen molar-refractivity contribution in [3.8, 4) is 17.4 Å². The van der Waals surface area contributed by atoms with E-state index in [0.717, 1.165) is 22.1 Å². The summed E-state index contributed by atoms with van der Waals surface area (Å²) in [6.45, 7) is 6.24. The summed E-state index contributed by atoms with van der Waals surface area (Å²) < 4.78 is 11.6. The molecule has 1 aromatic heterocycles. The first-order valence-corrected chi connectivity index (χ1v) is 10.9. The summed E-state index contributed by atoms with van der Waals surface area (Å²) in [5.74, 6) is 0.369. The fourth-order valence-electron chi connectivity index (χ4n) is 3.42. The number of aromatic carboxylic acids is 1. The quantitative estimate of drug-likeness (QED) is 0.299. The van der Waals surface area contributed by atoms with Gasteiger partial charge >= 0.3 is 5.97 Å². The van der Waals surface area contributed by atoms with Gasteiger partial charge in [0, 0.05) is 12.3 Å². The molecule has 0 saturated carbocycles. The van der Waals surface area contributed by atoms with Crippen LogP contribution in [0.3, 0.4) is 0 Å². The summed E-state index contributed by atoms with van der Waals surface area (Å²) in [4.78, 5) is 28.0. The molecule has 0 atom stereocenters. The molecule has 1 amide bonds. The average Bonchev–Trinajstić information content (AvgIpc) is 2.84. The van der Waals surface area contributed by atoms with Crippen molar-refractivity contribution < 1.29 is 24.2 Å². The van der Waals surface area contributed by atoms with Gasteiger partial charge in [-0.05, 0) is 65.2 Å². The average molecular weight is 469 g/mol. The molecule has 0 aliphatic carbocycles. The lowest BCUT2D eigenvalue weighted by molar-refractivity contribution is -0.115. The van der Waals surface area contributed by atoms with E-state index in [2.05, 4.69) is 16.9 Å². The van der Waals surface area contributed by atoms with Crippen molar-refractivity contribution in [3.63, 3.8) is 0 Å². The molecule has 3 aromatic carbocycles. The molecule has 4 rings (SSSR count). The summed E-state index contributed by atoms with van der Waals surface area (Å²) in [6.07, 6.45) is 1.61. The van der Waals surface area contributed by atoms with Gasteiger partial charge in [0.1, 0.15) is 18.1 Å². The predicted octanol–water partition coefficient (Wildman–Crippen LogP) is 5.86. The Morgan fingerprint density at radius 2 is 1.69 bits per heavy atom. The number of pyridine rings is 1. The second kappa shape index (κ2) is 10.5. The molecule has 0 saturated heterocycles. The number of hydrogen-bond donors (Lipinski definition) is 2. The Bertz CT molecular complexity index is 1400. The second-order valence-electron chi connectivity index (χ2n) is 8.10. The molecule has 4 aromatic rings. The van der Waals surface area contributed by atoms with Crippen molar-refractivity contribution in [2.75, 3.05) is 11.9 Å². The Hall–Kier alpha value is -4.65. The van der Waals surface area contributed by atoms with E-state index in [-0.39, 0.29) is 23.6 Å². The van der Waals surface area contributed by atoms with Crippen LogP contribution in [0, 0.1) is 0 Å². The molecule has 35 heavy (non-hydrogen) atoms. The zero-order valence-corrected chi connectivity index (χ0v) is 19.2. The Morgan fingerprint density at radius 1 is 0.971 bits per heavy atom. The maximum absolute atomic E-state index is 12.4. The van der Waals surface area contributed by atoms with Gasteiger partial charge in [-0.25, -0.2) is 9.78 Å². The van der Waals surface area contributed by atoms with E-state index in [1.54, 1.807) is 36.5 Å². The van der Waals surface area contributed by atoms with Gasteiger partial charge in [-0.2, -0.15) is 0 Å². The minimum Gasteiger partial charge on any atom is -0.489 e. The summed E-state index contributed by atoms with van der Waals surface area (Å²) in [5, 5.41) is 13.9. The summed E-state index contributed by atoms with van der Waals surface area (Å²) in [6, 6.07) is 21.3. The minimum atomic E-state index is -1.10. The molecule has 1 heterocycles. The van der Waals surface area contributed by atoms with Crippen molar-refractivity contribution >= 4 is 28.3 Å². The molecule has 0 aliphatic heterocycles. The third-order valence-corrected chi connectivity index (χ3v) is 5.08. The zero-order valence-electron chi connectivity index (χ0n) is 19.2. The monoisotopic (exact) mass is 468 g/mol. The first kappa shape index (κ1) is 23.5. The van der Waals surface area contributed by atoms with Gasteiger partial charge in [0.15, 0.2) is 0 Å². The van der Waals surface area contributed by atoms with E-state index in [9.17, 15) is 14.7 Å². The number of benzene rings is 3. The zero-order chi connectivity index (χ0) is 24.8. The van der Waals surface area contributed by atoms with E-state index in [1.165, 1.54) is 6.07 Å². The van der Waals surface area contributed by atoms with Gasteiger partial charge in [-0.15, -0.1) is 0 Å². The van der Waals surface area contributed by atoms with Crippen molar-refractivity contribution in [1.29, 1.82) is 0 Å². The smallest absolute Gasteiger partial charge is 0.337 e. The van der Waals surface area contributed by atoms with Crippen LogP contribution in [0.25, 0.3) is 10.8 Å². The maximum Gasteiger partial charge on any atom is 0.337 e. The first-order valence-electron chi connectivity index (χ1n) is 10.9. The molecular formula is C28H24N2O5. The highest BCUT2D eigenvalue weighted by Crippen LogP contribution is 2.27. The summed E-state index contributed by atoms with van der Waals surface area (Å²) in [5.41, 5.74) is 1.91. The number of nitrogens with zero attached hydrogens (tertiary/aromatic N) is 1. The Morgan fingerprint density at radius 3 is 2.37 bits per heavy atom. The van der Waals surface area contributed by atoms with Crippen LogP contribution in [0.2, 0.25) is 0 Å². The van der Waals surface area contributed by atoms with Crippen molar-refractivity contribution in [2.24, 2.45) is 0 Å². The third kappa shape index (κ3) is 6.23. The summed E-state index contributed by atoms with van der Waals surface area (Å²) in [7, 11) is 0. The van der Waals surface area contributed by atoms with E-state index in [4.69, 9.17) is 9.47 Å². The molecule has 176 valence electrons. The highest BCUT2D eigenvalue weighted by atomic mass is 16.5. The van der Waals surface area contributed by atoms with Crippen LogP contribution in [-0.4, -0.2) is 28.6 Å². The lowest BCUT2D eigenvalue weighted by atomic mass is 10.1.